The normalized spacial score (nSPS) is 8.77. The topological polar surface area (TPSA) is 241 Å². The Kier molecular flexibility index (Phi) is 29.3. The Labute approximate surface area is 166 Å². The first-order chi connectivity index (χ1) is 10.9. The van der Waals surface area contributed by atoms with Gasteiger partial charge in [0.2, 0.25) is 0 Å². The number of rotatable bonds is 6. The fourth-order valence-corrected chi connectivity index (χ4v) is 0.408. The van der Waals surface area contributed by atoms with Gasteiger partial charge in [-0.3, -0.25) is 0 Å². The van der Waals surface area contributed by atoms with Gasteiger partial charge in [-0.05, 0) is 36.5 Å². The Bertz CT molecular complexity index is 448. The molecule has 138 valence electrons. The van der Waals surface area contributed by atoms with Crippen molar-refractivity contribution in [1.82, 2.24) is 0 Å². The first-order valence-corrected chi connectivity index (χ1v) is 5.18. The molecule has 14 heteroatoms. The Hall–Kier alpha value is -2.90. The van der Waals surface area contributed by atoms with E-state index in [1.54, 1.807) is 0 Å². The number of carboxylic acids is 6. The quantitative estimate of drug-likeness (QED) is 0.345. The van der Waals surface area contributed by atoms with Crippen LogP contribution in [-0.2, 0) is 63.5 Å². The van der Waals surface area contributed by atoms with E-state index in [9.17, 15) is 59.4 Å². The molecule has 0 spiro atoms. The van der Waals surface area contributed by atoms with Gasteiger partial charge in [-0.2, -0.15) is 0 Å². The summed E-state index contributed by atoms with van der Waals surface area (Å²) in [5.74, 6) is -9.28. The summed E-state index contributed by atoms with van der Waals surface area (Å²) in [6.07, 6.45) is 2.31. The molecule has 0 aliphatic rings. The van der Waals surface area contributed by atoms with Crippen LogP contribution in [0.1, 0.15) is 0 Å². The van der Waals surface area contributed by atoms with Gasteiger partial charge < -0.3 is 59.4 Å². The Morgan fingerprint density at radius 1 is 0.346 bits per heavy atom. The second-order valence-corrected chi connectivity index (χ2v) is 2.91. The minimum Gasteiger partial charge on any atom is -0.545 e. The average Bonchev–Trinajstić information content (AvgIpc) is 2.42. The standard InChI is InChI=1S/3C4H4O4.2Cr/c3*5-3(6)1-2-4(7)8;;/h3*1-2H,(H,5,6)(H,7,8);;/q;;;2*+3/p-6. The average molecular weight is 446 g/mol. The zero-order valence-corrected chi connectivity index (χ0v) is 14.7. The minimum atomic E-state index is -1.55. The summed E-state index contributed by atoms with van der Waals surface area (Å²) in [5, 5.41) is 56.5. The Balaban J connectivity index is -0.0000000817. The molecule has 12 nitrogen and oxygen atoms in total. The third kappa shape index (κ3) is 58.2. The zero-order chi connectivity index (χ0) is 19.7. The number of hydrogen-bond acceptors (Lipinski definition) is 12. The van der Waals surface area contributed by atoms with Gasteiger partial charge >= 0.3 is 34.7 Å². The number of carboxylic acid groups (broad SMARTS) is 6. The maximum absolute atomic E-state index is 9.41. The van der Waals surface area contributed by atoms with Crippen LogP contribution in [0.25, 0.3) is 0 Å². The van der Waals surface area contributed by atoms with Crippen LogP contribution in [-0.4, -0.2) is 35.8 Å². The largest absolute Gasteiger partial charge is 3.00 e. The molecule has 0 rings (SSSR count). The second kappa shape index (κ2) is 22.1. The molecule has 0 amide bonds. The Morgan fingerprint density at radius 3 is 0.462 bits per heavy atom. The van der Waals surface area contributed by atoms with E-state index >= 15 is 0 Å². The van der Waals surface area contributed by atoms with Crippen molar-refractivity contribution in [2.75, 3.05) is 0 Å². The molecule has 0 bridgehead atoms. The van der Waals surface area contributed by atoms with Gasteiger partial charge in [0.15, 0.2) is 0 Å². The van der Waals surface area contributed by atoms with Crippen LogP contribution in [0.4, 0.5) is 0 Å². The molecular weight excluding hydrogens is 440 g/mol. The van der Waals surface area contributed by atoms with Gasteiger partial charge in [-0.1, -0.05) is 0 Å². The maximum Gasteiger partial charge on any atom is 3.00 e. The summed E-state index contributed by atoms with van der Waals surface area (Å²) in [7, 11) is 0. The van der Waals surface area contributed by atoms with Crippen molar-refractivity contribution in [3.8, 4) is 0 Å². The van der Waals surface area contributed by atoms with Gasteiger partial charge in [0.25, 0.3) is 0 Å². The van der Waals surface area contributed by atoms with E-state index in [-0.39, 0.29) is 34.7 Å². The minimum absolute atomic E-state index is 0. The number of carbonyl (C=O) groups excluding carboxylic acids is 6. The third-order valence-corrected chi connectivity index (χ3v) is 1.07. The van der Waals surface area contributed by atoms with E-state index in [0.717, 1.165) is 0 Å². The van der Waals surface area contributed by atoms with Gasteiger partial charge in [0.1, 0.15) is 0 Å². The van der Waals surface area contributed by atoms with Crippen molar-refractivity contribution >= 4 is 35.8 Å². The molecule has 0 aromatic carbocycles. The Morgan fingerprint density at radius 2 is 0.423 bits per heavy atom. The molecule has 0 aliphatic carbocycles. The fraction of sp³-hybridized carbons (Fsp3) is 0. The van der Waals surface area contributed by atoms with E-state index < -0.39 is 35.8 Å². The van der Waals surface area contributed by atoms with Crippen LogP contribution in [0.3, 0.4) is 0 Å². The third-order valence-electron chi connectivity index (χ3n) is 1.07. The fourth-order valence-electron chi connectivity index (χ4n) is 0.408. The first-order valence-electron chi connectivity index (χ1n) is 5.18. The second-order valence-electron chi connectivity index (χ2n) is 2.91. The SMILES string of the molecule is O=C([O-])C=CC(=O)[O-].O=C([O-])C=CC(=O)[O-].O=C([O-])C=CC(=O)[O-].[Cr+3].[Cr+3]. The summed E-state index contributed by atoms with van der Waals surface area (Å²) in [5.41, 5.74) is 0. The van der Waals surface area contributed by atoms with Crippen molar-refractivity contribution in [1.29, 1.82) is 0 Å². The van der Waals surface area contributed by atoms with Crippen molar-refractivity contribution < 1.29 is 94.1 Å². The summed E-state index contributed by atoms with van der Waals surface area (Å²) in [4.78, 5) is 56.5. The predicted molar refractivity (Wildman–Crippen MR) is 57.5 cm³/mol. The van der Waals surface area contributed by atoms with E-state index in [1.807, 2.05) is 0 Å². The van der Waals surface area contributed by atoms with E-state index in [0.29, 0.717) is 36.5 Å². The monoisotopic (exact) mass is 446 g/mol. The number of carbonyl (C=O) groups is 6. The molecule has 0 fully saturated rings. The molecule has 0 aromatic heterocycles. The maximum atomic E-state index is 9.41. The van der Waals surface area contributed by atoms with Crippen molar-refractivity contribution in [3.05, 3.63) is 36.5 Å². The first kappa shape index (κ1) is 34.4. The van der Waals surface area contributed by atoms with Gasteiger partial charge in [-0.15, -0.1) is 0 Å². The van der Waals surface area contributed by atoms with E-state index in [2.05, 4.69) is 0 Å². The number of hydrogen-bond donors (Lipinski definition) is 0. The van der Waals surface area contributed by atoms with Crippen LogP contribution in [0.5, 0.6) is 0 Å². The van der Waals surface area contributed by atoms with Crippen LogP contribution >= 0.6 is 0 Å². The summed E-state index contributed by atoms with van der Waals surface area (Å²) in [6, 6.07) is 0. The van der Waals surface area contributed by atoms with Gasteiger partial charge in [0.05, 0.1) is 35.8 Å². The molecule has 26 heavy (non-hydrogen) atoms. The molecule has 0 atom stereocenters. The van der Waals surface area contributed by atoms with Crippen molar-refractivity contribution in [3.63, 3.8) is 0 Å². The molecule has 2 radical (unpaired) electrons. The summed E-state index contributed by atoms with van der Waals surface area (Å²) < 4.78 is 0. The summed E-state index contributed by atoms with van der Waals surface area (Å²) >= 11 is 0. The molecule has 0 N–H and O–H groups in total. The molecule has 0 aromatic rings. The molecular formula is C12H6Cr2O12. The predicted octanol–water partition coefficient (Wildman–Crippen LogP) is -8.88. The van der Waals surface area contributed by atoms with Crippen LogP contribution in [0.2, 0.25) is 0 Å². The van der Waals surface area contributed by atoms with Crippen molar-refractivity contribution in [2.45, 2.75) is 0 Å². The molecule has 0 saturated heterocycles. The molecule has 0 saturated carbocycles. The summed E-state index contributed by atoms with van der Waals surface area (Å²) in [6.45, 7) is 0. The van der Waals surface area contributed by atoms with E-state index in [4.69, 9.17) is 0 Å². The van der Waals surface area contributed by atoms with Crippen LogP contribution in [0.15, 0.2) is 36.5 Å². The molecule has 0 aliphatic heterocycles. The smallest absolute Gasteiger partial charge is 0.545 e. The van der Waals surface area contributed by atoms with E-state index in [1.165, 1.54) is 0 Å². The van der Waals surface area contributed by atoms with Gasteiger partial charge in [-0.25, -0.2) is 0 Å². The molecule has 0 unspecified atom stereocenters. The number of aliphatic carboxylic acids is 6. The molecule has 0 heterocycles. The van der Waals surface area contributed by atoms with Crippen LogP contribution in [0, 0.1) is 0 Å². The van der Waals surface area contributed by atoms with Gasteiger partial charge in [0, 0.05) is 0 Å². The van der Waals surface area contributed by atoms with Crippen molar-refractivity contribution in [2.24, 2.45) is 0 Å². The van der Waals surface area contributed by atoms with Crippen LogP contribution < -0.4 is 30.6 Å². The zero-order valence-electron chi connectivity index (χ0n) is 12.2.